The summed E-state index contributed by atoms with van der Waals surface area (Å²) in [7, 11) is 3.22. The van der Waals surface area contributed by atoms with E-state index in [9.17, 15) is 27.9 Å². The largest absolute Gasteiger partial charge is 0.416 e. The van der Waals surface area contributed by atoms with Crippen molar-refractivity contribution in [3.8, 4) is 0 Å². The number of Topliss-reactive ketones (excluding diaryl/α,β-unsaturated/α-hetero) is 1. The lowest BCUT2D eigenvalue weighted by Crippen LogP contribution is -2.38. The molecule has 2 atom stereocenters. The predicted octanol–water partition coefficient (Wildman–Crippen LogP) is 5.54. The third kappa shape index (κ3) is 7.93. The van der Waals surface area contributed by atoms with Crippen molar-refractivity contribution >= 4 is 11.7 Å². The molecule has 1 saturated heterocycles. The average Bonchev–Trinajstić information content (AvgIpc) is 3.35. The first-order valence-corrected chi connectivity index (χ1v) is 14.2. The normalized spacial score (nSPS) is 24.9. The maximum Gasteiger partial charge on any atom is 0.416 e. The van der Waals surface area contributed by atoms with Crippen molar-refractivity contribution in [2.24, 2.45) is 11.8 Å². The first-order valence-electron chi connectivity index (χ1n) is 14.2. The molecule has 2 fully saturated rings. The van der Waals surface area contributed by atoms with E-state index in [0.29, 0.717) is 44.2 Å². The Bertz CT molecular complexity index is 1180. The first kappa shape index (κ1) is 31.1. The quantitative estimate of drug-likeness (QED) is 0.354. The van der Waals surface area contributed by atoms with E-state index >= 15 is 0 Å². The van der Waals surface area contributed by atoms with Crippen LogP contribution < -0.4 is 0 Å². The zero-order valence-electron chi connectivity index (χ0n) is 23.7. The summed E-state index contributed by atoms with van der Waals surface area (Å²) in [5.41, 5.74) is -0.217. The van der Waals surface area contributed by atoms with Gasteiger partial charge in [0.15, 0.2) is 5.78 Å². The SMILES string of the molecule is COCc1ccc(C2(O)CCC(C[C@H]3C[C@@H](COC)N(C(=O)CCC(=O)c4cccc(C(F)(F)F)c4)C3)CC2)nc1. The molecule has 0 unspecified atom stereocenters. The molecule has 0 bridgehead atoms. The number of carbonyl (C=O) groups excluding carboxylic acids is 2. The molecule has 2 aliphatic rings. The molecule has 1 saturated carbocycles. The van der Waals surface area contributed by atoms with Crippen LogP contribution in [0.3, 0.4) is 0 Å². The highest BCUT2D eigenvalue weighted by Gasteiger charge is 2.40. The van der Waals surface area contributed by atoms with Gasteiger partial charge in [-0.2, -0.15) is 13.2 Å². The van der Waals surface area contributed by atoms with Gasteiger partial charge in [-0.15, -0.1) is 0 Å². The number of aliphatic hydroxyl groups is 1. The monoisotopic (exact) mass is 576 g/mol. The molecule has 1 aliphatic carbocycles. The Kier molecular flexibility index (Phi) is 10.2. The van der Waals surface area contributed by atoms with E-state index in [1.54, 1.807) is 25.3 Å². The van der Waals surface area contributed by atoms with Gasteiger partial charge in [0.25, 0.3) is 0 Å². The van der Waals surface area contributed by atoms with Crippen molar-refractivity contribution in [2.45, 2.75) is 75.8 Å². The van der Waals surface area contributed by atoms with E-state index in [-0.39, 0.29) is 36.3 Å². The number of benzene rings is 1. The molecule has 1 aromatic carbocycles. The maximum absolute atomic E-state index is 13.1. The van der Waals surface area contributed by atoms with Crippen LogP contribution >= 0.6 is 0 Å². The number of ketones is 1. The number of methoxy groups -OCH3 is 2. The van der Waals surface area contributed by atoms with Gasteiger partial charge in [-0.1, -0.05) is 18.2 Å². The minimum Gasteiger partial charge on any atom is -0.384 e. The second-order valence-corrected chi connectivity index (χ2v) is 11.5. The van der Waals surface area contributed by atoms with Crippen molar-refractivity contribution in [1.29, 1.82) is 0 Å². The molecule has 10 heteroatoms. The molecular weight excluding hydrogens is 537 g/mol. The number of amides is 1. The number of aromatic nitrogens is 1. The van der Waals surface area contributed by atoms with Crippen LogP contribution in [0.15, 0.2) is 42.6 Å². The van der Waals surface area contributed by atoms with Crippen molar-refractivity contribution in [3.05, 3.63) is 65.0 Å². The fourth-order valence-corrected chi connectivity index (χ4v) is 6.29. The van der Waals surface area contributed by atoms with Gasteiger partial charge in [0.1, 0.15) is 5.60 Å². The molecule has 1 N–H and O–H groups in total. The Morgan fingerprint density at radius 2 is 1.83 bits per heavy atom. The Morgan fingerprint density at radius 3 is 2.46 bits per heavy atom. The van der Waals surface area contributed by atoms with Crippen LogP contribution in [-0.4, -0.2) is 60.1 Å². The zero-order chi connectivity index (χ0) is 29.6. The number of likely N-dealkylation sites (tertiary alicyclic amines) is 1. The maximum atomic E-state index is 13.1. The number of hydrogen-bond donors (Lipinski definition) is 1. The van der Waals surface area contributed by atoms with E-state index in [1.165, 1.54) is 12.1 Å². The molecule has 7 nitrogen and oxygen atoms in total. The highest BCUT2D eigenvalue weighted by Crippen LogP contribution is 2.42. The number of halogens is 3. The van der Waals surface area contributed by atoms with Crippen LogP contribution in [0, 0.1) is 11.8 Å². The Labute approximate surface area is 239 Å². The standard InChI is InChI=1S/C31H39F3N2O5/c1-40-19-22-6-8-28(35-17-22)30(39)12-10-21(11-13-30)14-23-15-26(20-41-2)36(18-23)29(38)9-7-27(37)24-4-3-5-25(16-24)31(32,33)34/h3-6,8,16-17,21,23,26,39H,7,9-15,18-20H2,1-2H3/t21?,23-,26-,30?/m0/s1. The summed E-state index contributed by atoms with van der Waals surface area (Å²) in [6.07, 6.45) is 1.71. The van der Waals surface area contributed by atoms with Gasteiger partial charge in [0.05, 0.1) is 30.5 Å². The fourth-order valence-electron chi connectivity index (χ4n) is 6.29. The summed E-state index contributed by atoms with van der Waals surface area (Å²) in [4.78, 5) is 32.0. The van der Waals surface area contributed by atoms with Crippen molar-refractivity contribution in [3.63, 3.8) is 0 Å². The third-order valence-electron chi connectivity index (χ3n) is 8.47. The van der Waals surface area contributed by atoms with Crippen molar-refractivity contribution < 1.29 is 37.3 Å². The summed E-state index contributed by atoms with van der Waals surface area (Å²) in [5, 5.41) is 11.3. The van der Waals surface area contributed by atoms with E-state index < -0.39 is 23.1 Å². The van der Waals surface area contributed by atoms with Crippen LogP contribution in [0.4, 0.5) is 13.2 Å². The fraction of sp³-hybridized carbons (Fsp3) is 0.581. The number of carbonyl (C=O) groups is 2. The lowest BCUT2D eigenvalue weighted by atomic mass is 9.74. The number of nitrogens with zero attached hydrogens (tertiary/aromatic N) is 2. The van der Waals surface area contributed by atoms with Crippen molar-refractivity contribution in [1.82, 2.24) is 9.88 Å². The molecular formula is C31H39F3N2O5. The molecule has 2 heterocycles. The van der Waals surface area contributed by atoms with Gasteiger partial charge in [-0.25, -0.2) is 0 Å². The summed E-state index contributed by atoms with van der Waals surface area (Å²) in [6.45, 7) is 1.43. The van der Waals surface area contributed by atoms with Gasteiger partial charge < -0.3 is 19.5 Å². The van der Waals surface area contributed by atoms with E-state index in [0.717, 1.165) is 43.4 Å². The smallest absolute Gasteiger partial charge is 0.384 e. The lowest BCUT2D eigenvalue weighted by Gasteiger charge is -2.36. The highest BCUT2D eigenvalue weighted by atomic mass is 19.4. The Morgan fingerprint density at radius 1 is 1.07 bits per heavy atom. The lowest BCUT2D eigenvalue weighted by molar-refractivity contribution is -0.137. The minimum absolute atomic E-state index is 0.0428. The third-order valence-corrected chi connectivity index (χ3v) is 8.47. The van der Waals surface area contributed by atoms with Gasteiger partial charge in [-0.3, -0.25) is 14.6 Å². The summed E-state index contributed by atoms with van der Waals surface area (Å²) < 4.78 is 49.6. The number of ether oxygens (including phenoxy) is 2. The number of alkyl halides is 3. The molecule has 41 heavy (non-hydrogen) atoms. The number of rotatable bonds is 11. The van der Waals surface area contributed by atoms with Gasteiger partial charge >= 0.3 is 6.18 Å². The molecule has 0 radical (unpaired) electrons. The van der Waals surface area contributed by atoms with Crippen LogP contribution in [0.25, 0.3) is 0 Å². The van der Waals surface area contributed by atoms with E-state index in [2.05, 4.69) is 4.98 Å². The first-order chi connectivity index (χ1) is 19.5. The highest BCUT2D eigenvalue weighted by molar-refractivity contribution is 5.98. The molecule has 2 aromatic rings. The molecule has 224 valence electrons. The second kappa shape index (κ2) is 13.4. The molecule has 0 spiro atoms. The topological polar surface area (TPSA) is 89.0 Å². The number of hydrogen-bond acceptors (Lipinski definition) is 6. The summed E-state index contributed by atoms with van der Waals surface area (Å²) >= 11 is 0. The average molecular weight is 577 g/mol. The second-order valence-electron chi connectivity index (χ2n) is 11.5. The summed E-state index contributed by atoms with van der Waals surface area (Å²) in [5.74, 6) is 0.0339. The molecule has 1 amide bonds. The molecule has 1 aliphatic heterocycles. The van der Waals surface area contributed by atoms with Crippen LogP contribution in [0.5, 0.6) is 0 Å². The predicted molar refractivity (Wildman–Crippen MR) is 146 cm³/mol. The van der Waals surface area contributed by atoms with Crippen LogP contribution in [0.1, 0.15) is 78.5 Å². The number of pyridine rings is 1. The van der Waals surface area contributed by atoms with Gasteiger partial charge in [0, 0.05) is 45.4 Å². The van der Waals surface area contributed by atoms with Crippen LogP contribution in [-0.2, 0) is 32.7 Å². The van der Waals surface area contributed by atoms with Gasteiger partial charge in [0.2, 0.25) is 5.91 Å². The van der Waals surface area contributed by atoms with E-state index in [4.69, 9.17) is 9.47 Å². The Balaban J connectivity index is 1.29. The molecule has 4 rings (SSSR count). The summed E-state index contributed by atoms with van der Waals surface area (Å²) in [6, 6.07) is 8.02. The van der Waals surface area contributed by atoms with Gasteiger partial charge in [-0.05, 0) is 74.1 Å². The van der Waals surface area contributed by atoms with Crippen molar-refractivity contribution in [2.75, 3.05) is 27.4 Å². The minimum atomic E-state index is -4.53. The molecule has 1 aromatic heterocycles. The van der Waals surface area contributed by atoms with Crippen LogP contribution in [0.2, 0.25) is 0 Å². The zero-order valence-corrected chi connectivity index (χ0v) is 23.7. The van der Waals surface area contributed by atoms with E-state index in [1.807, 2.05) is 12.1 Å². The Hall–Kier alpha value is -2.82.